The highest BCUT2D eigenvalue weighted by Crippen LogP contribution is 2.33. The minimum atomic E-state index is -0.771. The zero-order valence-electron chi connectivity index (χ0n) is 10.6. The van der Waals surface area contributed by atoms with E-state index < -0.39 is 15.5 Å². The van der Waals surface area contributed by atoms with E-state index in [4.69, 9.17) is 11.5 Å². The molecule has 0 heterocycles. The third-order valence-electron chi connectivity index (χ3n) is 2.30. The van der Waals surface area contributed by atoms with Gasteiger partial charge < -0.3 is 11.5 Å². The third kappa shape index (κ3) is 4.73. The normalized spacial score (nSPS) is 9.38. The number of hydrogen-bond acceptors (Lipinski definition) is 6. The number of nitro benzene ring substituents is 2. The summed E-state index contributed by atoms with van der Waals surface area (Å²) in [7, 11) is 0. The fourth-order valence-electron chi connectivity index (χ4n) is 1.30. The summed E-state index contributed by atoms with van der Waals surface area (Å²) in [6.45, 7) is 0. The molecule has 0 spiro atoms. The van der Waals surface area contributed by atoms with Crippen molar-refractivity contribution >= 4 is 38.7 Å². The number of halogens is 1. The average molecular weight is 355 g/mol. The van der Waals surface area contributed by atoms with Gasteiger partial charge in [-0.15, -0.1) is 0 Å². The van der Waals surface area contributed by atoms with Crippen molar-refractivity contribution in [3.05, 3.63) is 67.2 Å². The Kier molecular flexibility index (Phi) is 5.61. The predicted molar refractivity (Wildman–Crippen MR) is 82.7 cm³/mol. The maximum atomic E-state index is 10.4. The van der Waals surface area contributed by atoms with Gasteiger partial charge in [0.25, 0.3) is 11.4 Å². The van der Waals surface area contributed by atoms with E-state index in [1.165, 1.54) is 0 Å². The Labute approximate surface area is 127 Å². The first kappa shape index (κ1) is 16.4. The van der Waals surface area contributed by atoms with Gasteiger partial charge in [0.2, 0.25) is 0 Å². The molecule has 21 heavy (non-hydrogen) atoms. The van der Waals surface area contributed by atoms with Crippen LogP contribution in [0.1, 0.15) is 0 Å². The number of nitrogen functional groups attached to an aromatic ring is 2. The molecule has 0 saturated carbocycles. The van der Waals surface area contributed by atoms with Crippen LogP contribution in [0.3, 0.4) is 0 Å². The summed E-state index contributed by atoms with van der Waals surface area (Å²) in [5.41, 5.74) is 10.5. The average Bonchev–Trinajstić information content (AvgIpc) is 2.42. The number of rotatable bonds is 2. The Bertz CT molecular complexity index is 664. The second kappa shape index (κ2) is 7.20. The highest BCUT2D eigenvalue weighted by molar-refractivity contribution is 9.10. The number of anilines is 2. The van der Waals surface area contributed by atoms with Gasteiger partial charge in [-0.1, -0.05) is 18.2 Å². The lowest BCUT2D eigenvalue weighted by atomic mass is 10.2. The molecule has 0 bridgehead atoms. The van der Waals surface area contributed by atoms with Crippen LogP contribution < -0.4 is 11.5 Å². The van der Waals surface area contributed by atoms with E-state index >= 15 is 0 Å². The number of hydrogen-bond donors (Lipinski definition) is 2. The molecule has 0 radical (unpaired) electrons. The third-order valence-corrected chi connectivity index (χ3v) is 2.96. The summed E-state index contributed by atoms with van der Waals surface area (Å²) in [5.74, 6) is 0. The van der Waals surface area contributed by atoms with Crippen molar-refractivity contribution in [2.45, 2.75) is 0 Å². The number of nitrogens with zero attached hydrogens (tertiary/aromatic N) is 2. The molecule has 2 aromatic rings. The zero-order chi connectivity index (χ0) is 16.0. The Hall–Kier alpha value is -2.68. The lowest BCUT2D eigenvalue weighted by molar-refractivity contribution is -0.393. The maximum absolute atomic E-state index is 10.4. The molecule has 2 rings (SSSR count). The molecule has 0 saturated heterocycles. The molecule has 0 aromatic heterocycles. The minimum Gasteiger partial charge on any atom is -0.399 e. The molecule has 0 aliphatic rings. The first-order valence-corrected chi connectivity index (χ1v) is 6.30. The van der Waals surface area contributed by atoms with Crippen molar-refractivity contribution in [1.82, 2.24) is 0 Å². The molecule has 9 heteroatoms. The van der Waals surface area contributed by atoms with Crippen molar-refractivity contribution < 1.29 is 9.85 Å². The van der Waals surface area contributed by atoms with Gasteiger partial charge in [0.15, 0.2) is 0 Å². The van der Waals surface area contributed by atoms with Crippen LogP contribution in [0.2, 0.25) is 0 Å². The summed E-state index contributed by atoms with van der Waals surface area (Å²) in [5, 5.41) is 20.8. The highest BCUT2D eigenvalue weighted by atomic mass is 79.9. The Morgan fingerprint density at radius 2 is 1.52 bits per heavy atom. The van der Waals surface area contributed by atoms with Crippen molar-refractivity contribution in [2.24, 2.45) is 0 Å². The molecule has 0 aliphatic carbocycles. The quantitative estimate of drug-likeness (QED) is 0.482. The Balaban J connectivity index is 0.000000262. The molecule has 0 unspecified atom stereocenters. The second-order valence-electron chi connectivity index (χ2n) is 3.79. The van der Waals surface area contributed by atoms with Gasteiger partial charge in [-0.25, -0.2) is 0 Å². The van der Waals surface area contributed by atoms with E-state index in [1.807, 2.05) is 30.3 Å². The van der Waals surface area contributed by atoms with E-state index in [1.54, 1.807) is 0 Å². The summed E-state index contributed by atoms with van der Waals surface area (Å²) in [6, 6.07) is 11.4. The predicted octanol–water partition coefficient (Wildman–Crippen LogP) is 3.12. The van der Waals surface area contributed by atoms with Crippen LogP contribution >= 0.6 is 15.9 Å². The van der Waals surface area contributed by atoms with Gasteiger partial charge in [0.1, 0.15) is 5.69 Å². The monoisotopic (exact) mass is 354 g/mol. The Morgan fingerprint density at radius 3 is 1.90 bits per heavy atom. The molecule has 0 aliphatic heterocycles. The smallest absolute Gasteiger partial charge is 0.300 e. The standard InChI is InChI=1S/C6H4BrN3O4.C6H7N/c7-4-1-3(9(11)12)2-5(6(4)8)10(13)14;7-6-4-2-1-3-5-6/h1-2H,8H2;1-5H,7H2. The first-order valence-electron chi connectivity index (χ1n) is 5.51. The molecule has 0 fully saturated rings. The van der Waals surface area contributed by atoms with Gasteiger partial charge in [-0.05, 0) is 28.1 Å². The topological polar surface area (TPSA) is 138 Å². The molecule has 0 amide bonds. The van der Waals surface area contributed by atoms with Gasteiger partial charge in [-0.3, -0.25) is 20.2 Å². The van der Waals surface area contributed by atoms with Crippen LogP contribution in [0.15, 0.2) is 46.9 Å². The lowest BCUT2D eigenvalue weighted by Gasteiger charge is -1.99. The molecule has 0 atom stereocenters. The fourth-order valence-corrected chi connectivity index (χ4v) is 1.74. The Morgan fingerprint density at radius 1 is 0.952 bits per heavy atom. The minimum absolute atomic E-state index is 0.124. The summed E-state index contributed by atoms with van der Waals surface area (Å²) < 4.78 is 0.137. The number of nitro groups is 2. The van der Waals surface area contributed by atoms with Crippen LogP contribution in [0.5, 0.6) is 0 Å². The molecular weight excluding hydrogens is 344 g/mol. The van der Waals surface area contributed by atoms with E-state index in [-0.39, 0.29) is 15.8 Å². The van der Waals surface area contributed by atoms with Crippen LogP contribution in [0, 0.1) is 20.2 Å². The van der Waals surface area contributed by atoms with Crippen LogP contribution in [0.25, 0.3) is 0 Å². The highest BCUT2D eigenvalue weighted by Gasteiger charge is 2.20. The zero-order valence-corrected chi connectivity index (χ0v) is 12.2. The lowest BCUT2D eigenvalue weighted by Crippen LogP contribution is -1.98. The van der Waals surface area contributed by atoms with Crippen LogP contribution in [-0.4, -0.2) is 9.85 Å². The first-order chi connectivity index (χ1) is 9.82. The number of nitrogens with two attached hydrogens (primary N) is 2. The van der Waals surface area contributed by atoms with Crippen molar-refractivity contribution in [3.63, 3.8) is 0 Å². The van der Waals surface area contributed by atoms with Crippen molar-refractivity contribution in [2.75, 3.05) is 11.5 Å². The number of non-ortho nitro benzene ring substituents is 1. The van der Waals surface area contributed by atoms with Crippen LogP contribution in [0.4, 0.5) is 22.7 Å². The second-order valence-corrected chi connectivity index (χ2v) is 4.64. The maximum Gasteiger partial charge on any atom is 0.300 e. The van der Waals surface area contributed by atoms with Crippen LogP contribution in [-0.2, 0) is 0 Å². The number of benzene rings is 2. The molecule has 4 N–H and O–H groups in total. The van der Waals surface area contributed by atoms with Crippen molar-refractivity contribution in [3.8, 4) is 0 Å². The summed E-state index contributed by atoms with van der Waals surface area (Å²) in [6.07, 6.45) is 0. The largest absolute Gasteiger partial charge is 0.399 e. The van der Waals surface area contributed by atoms with Gasteiger partial charge in [0, 0.05) is 11.8 Å². The SMILES string of the molecule is Nc1c(Br)cc([N+](=O)[O-])cc1[N+](=O)[O-].Nc1ccccc1. The van der Waals surface area contributed by atoms with E-state index in [9.17, 15) is 20.2 Å². The molecule has 8 nitrogen and oxygen atoms in total. The molecule has 2 aromatic carbocycles. The summed E-state index contributed by atoms with van der Waals surface area (Å²) in [4.78, 5) is 19.3. The van der Waals surface area contributed by atoms with Gasteiger partial charge in [0.05, 0.1) is 20.4 Å². The van der Waals surface area contributed by atoms with E-state index in [0.717, 1.165) is 17.8 Å². The fraction of sp³-hybridized carbons (Fsp3) is 0. The van der Waals surface area contributed by atoms with Crippen molar-refractivity contribution in [1.29, 1.82) is 0 Å². The number of para-hydroxylation sites is 1. The van der Waals surface area contributed by atoms with E-state index in [0.29, 0.717) is 0 Å². The summed E-state index contributed by atoms with van der Waals surface area (Å²) >= 11 is 2.90. The van der Waals surface area contributed by atoms with Gasteiger partial charge in [-0.2, -0.15) is 0 Å². The molecular formula is C12H11BrN4O4. The van der Waals surface area contributed by atoms with Gasteiger partial charge >= 0.3 is 0 Å². The van der Waals surface area contributed by atoms with E-state index in [2.05, 4.69) is 15.9 Å². The molecule has 110 valence electrons.